The minimum atomic E-state index is -0.671. The average molecular weight is 294 g/mol. The molecule has 1 aromatic carbocycles. The fourth-order valence-corrected chi connectivity index (χ4v) is 2.97. The number of piperidine rings is 1. The second kappa shape index (κ2) is 5.79. The van der Waals surface area contributed by atoms with Gasteiger partial charge in [-0.3, -0.25) is 14.9 Å². The molecule has 21 heavy (non-hydrogen) atoms. The van der Waals surface area contributed by atoms with Crippen molar-refractivity contribution >= 4 is 11.6 Å². The first kappa shape index (κ1) is 15.4. The van der Waals surface area contributed by atoms with Gasteiger partial charge in [-0.05, 0) is 45.6 Å². The summed E-state index contributed by atoms with van der Waals surface area (Å²) in [6.07, 6.45) is 2.76. The summed E-state index contributed by atoms with van der Waals surface area (Å²) in [5.41, 5.74) is -0.346. The second-order valence-corrected chi connectivity index (χ2v) is 5.72. The lowest BCUT2D eigenvalue weighted by atomic mass is 9.96. The topological polar surface area (TPSA) is 63.5 Å². The zero-order valence-electron chi connectivity index (χ0n) is 12.4. The highest BCUT2D eigenvalue weighted by Gasteiger charge is 2.32. The summed E-state index contributed by atoms with van der Waals surface area (Å²) in [6.45, 7) is 5.29. The first-order valence-electron chi connectivity index (χ1n) is 7.10. The van der Waals surface area contributed by atoms with E-state index in [4.69, 9.17) is 0 Å². The van der Waals surface area contributed by atoms with Crippen LogP contribution in [0.4, 0.5) is 10.1 Å². The number of likely N-dealkylation sites (tertiary alicyclic amines) is 1. The van der Waals surface area contributed by atoms with Crippen molar-refractivity contribution in [2.75, 3.05) is 0 Å². The summed E-state index contributed by atoms with van der Waals surface area (Å²) in [5, 5.41) is 10.9. The minimum Gasteiger partial charge on any atom is -0.333 e. The highest BCUT2D eigenvalue weighted by atomic mass is 19.1. The summed E-state index contributed by atoms with van der Waals surface area (Å²) in [7, 11) is 0. The smallest absolute Gasteiger partial charge is 0.270 e. The van der Waals surface area contributed by atoms with Gasteiger partial charge in [-0.2, -0.15) is 0 Å². The van der Waals surface area contributed by atoms with Crippen LogP contribution >= 0.6 is 0 Å². The summed E-state index contributed by atoms with van der Waals surface area (Å²) < 4.78 is 14.2. The molecule has 0 unspecified atom stereocenters. The third-order valence-electron chi connectivity index (χ3n) is 4.11. The predicted molar refractivity (Wildman–Crippen MR) is 76.7 cm³/mol. The molecule has 0 aromatic heterocycles. The van der Waals surface area contributed by atoms with Crippen molar-refractivity contribution in [2.24, 2.45) is 0 Å². The van der Waals surface area contributed by atoms with Gasteiger partial charge in [-0.25, -0.2) is 4.39 Å². The number of nitro benzene ring substituents is 1. The molecule has 0 saturated carbocycles. The number of nitrogens with zero attached hydrogens (tertiary/aromatic N) is 2. The van der Waals surface area contributed by atoms with E-state index in [9.17, 15) is 19.3 Å². The molecule has 1 aliphatic rings. The molecule has 1 heterocycles. The van der Waals surface area contributed by atoms with Crippen LogP contribution in [0.2, 0.25) is 0 Å². The lowest BCUT2D eigenvalue weighted by Crippen LogP contribution is -2.47. The van der Waals surface area contributed by atoms with E-state index in [0.717, 1.165) is 31.4 Å². The summed E-state index contributed by atoms with van der Waals surface area (Å²) in [4.78, 5) is 24.6. The van der Waals surface area contributed by atoms with Crippen molar-refractivity contribution < 1.29 is 14.1 Å². The number of rotatable bonds is 2. The zero-order chi connectivity index (χ0) is 15.7. The quantitative estimate of drug-likeness (QED) is 0.620. The van der Waals surface area contributed by atoms with Gasteiger partial charge in [0.1, 0.15) is 5.82 Å². The Kier molecular flexibility index (Phi) is 4.25. The molecular formula is C15H19FN2O3. The molecule has 0 aliphatic carbocycles. The lowest BCUT2D eigenvalue weighted by molar-refractivity contribution is -0.385. The van der Waals surface area contributed by atoms with Gasteiger partial charge in [-0.1, -0.05) is 0 Å². The van der Waals surface area contributed by atoms with Gasteiger partial charge < -0.3 is 4.90 Å². The number of hydrogen-bond acceptors (Lipinski definition) is 3. The summed E-state index contributed by atoms with van der Waals surface area (Å²) >= 11 is 0. The van der Waals surface area contributed by atoms with E-state index in [1.165, 1.54) is 6.92 Å². The van der Waals surface area contributed by atoms with Crippen LogP contribution in [0.15, 0.2) is 12.1 Å². The van der Waals surface area contributed by atoms with Gasteiger partial charge in [0, 0.05) is 24.2 Å². The molecular weight excluding hydrogens is 275 g/mol. The molecule has 1 saturated heterocycles. The van der Waals surface area contributed by atoms with E-state index in [2.05, 4.69) is 0 Å². The van der Waals surface area contributed by atoms with Crippen LogP contribution in [-0.4, -0.2) is 27.8 Å². The standard InChI is InChI=1S/C15H19FN2O3/c1-9-7-12(18(20)21)8-13(14(9)16)15(19)17-10(2)5-4-6-11(17)3/h7-8,10-11H,4-6H2,1-3H3/t10-,11+. The Balaban J connectivity index is 2.45. The molecule has 6 heteroatoms. The van der Waals surface area contributed by atoms with Crippen molar-refractivity contribution in [1.82, 2.24) is 4.90 Å². The van der Waals surface area contributed by atoms with Crippen molar-refractivity contribution in [1.29, 1.82) is 0 Å². The van der Waals surface area contributed by atoms with Crippen molar-refractivity contribution in [3.05, 3.63) is 39.2 Å². The number of aryl methyl sites for hydroxylation is 1. The first-order valence-corrected chi connectivity index (χ1v) is 7.10. The maximum atomic E-state index is 14.2. The van der Waals surface area contributed by atoms with E-state index in [1.807, 2.05) is 13.8 Å². The van der Waals surface area contributed by atoms with Gasteiger partial charge in [-0.15, -0.1) is 0 Å². The van der Waals surface area contributed by atoms with Crippen LogP contribution in [0, 0.1) is 22.9 Å². The maximum Gasteiger partial charge on any atom is 0.270 e. The lowest BCUT2D eigenvalue weighted by Gasteiger charge is -2.39. The molecule has 5 nitrogen and oxygen atoms in total. The molecule has 0 bridgehead atoms. The largest absolute Gasteiger partial charge is 0.333 e. The van der Waals surface area contributed by atoms with Gasteiger partial charge in [0.25, 0.3) is 11.6 Å². The van der Waals surface area contributed by atoms with E-state index in [1.54, 1.807) is 4.90 Å². The van der Waals surface area contributed by atoms with Crippen molar-refractivity contribution in [3.8, 4) is 0 Å². The molecule has 2 atom stereocenters. The highest BCUT2D eigenvalue weighted by molar-refractivity contribution is 5.96. The predicted octanol–water partition coefficient (Wildman–Crippen LogP) is 3.45. The van der Waals surface area contributed by atoms with Crippen LogP contribution in [0.1, 0.15) is 49.0 Å². The normalized spacial score (nSPS) is 22.2. The molecule has 0 spiro atoms. The average Bonchev–Trinajstić information content (AvgIpc) is 2.41. The molecule has 114 valence electrons. The third-order valence-corrected chi connectivity index (χ3v) is 4.11. The Hall–Kier alpha value is -1.98. The van der Waals surface area contributed by atoms with E-state index < -0.39 is 16.6 Å². The maximum absolute atomic E-state index is 14.2. The van der Waals surface area contributed by atoms with E-state index >= 15 is 0 Å². The Labute approximate surface area is 122 Å². The number of nitro groups is 1. The highest BCUT2D eigenvalue weighted by Crippen LogP contribution is 2.28. The SMILES string of the molecule is Cc1cc([N+](=O)[O-])cc(C(=O)N2[C@H](C)CCC[C@@H]2C)c1F. The van der Waals surface area contributed by atoms with Crippen LogP contribution in [0.5, 0.6) is 0 Å². The van der Waals surface area contributed by atoms with Crippen LogP contribution in [-0.2, 0) is 0 Å². The fourth-order valence-electron chi connectivity index (χ4n) is 2.97. The second-order valence-electron chi connectivity index (χ2n) is 5.72. The van der Waals surface area contributed by atoms with Gasteiger partial charge in [0.15, 0.2) is 0 Å². The fraction of sp³-hybridized carbons (Fsp3) is 0.533. The molecule has 1 aliphatic heterocycles. The van der Waals surface area contributed by atoms with Gasteiger partial charge in [0.2, 0.25) is 0 Å². The number of benzene rings is 1. The Morgan fingerprint density at radius 2 is 1.90 bits per heavy atom. The minimum absolute atomic E-state index is 0.0141. The summed E-state index contributed by atoms with van der Waals surface area (Å²) in [6, 6.07) is 2.22. The van der Waals surface area contributed by atoms with Crippen molar-refractivity contribution in [3.63, 3.8) is 0 Å². The Morgan fingerprint density at radius 1 is 1.33 bits per heavy atom. The third kappa shape index (κ3) is 2.89. The monoisotopic (exact) mass is 294 g/mol. The molecule has 1 amide bonds. The Bertz CT molecular complexity index is 579. The van der Waals surface area contributed by atoms with Gasteiger partial charge >= 0.3 is 0 Å². The number of halogens is 1. The number of carbonyl (C=O) groups is 1. The van der Waals surface area contributed by atoms with Crippen LogP contribution < -0.4 is 0 Å². The number of hydrogen-bond donors (Lipinski definition) is 0. The number of non-ortho nitro benzene ring substituents is 1. The molecule has 2 rings (SSSR count). The molecule has 1 aromatic rings. The van der Waals surface area contributed by atoms with Crippen LogP contribution in [0.3, 0.4) is 0 Å². The van der Waals surface area contributed by atoms with E-state index in [-0.39, 0.29) is 28.9 Å². The van der Waals surface area contributed by atoms with Crippen molar-refractivity contribution in [2.45, 2.75) is 52.1 Å². The van der Waals surface area contributed by atoms with Gasteiger partial charge in [0.05, 0.1) is 10.5 Å². The van der Waals surface area contributed by atoms with E-state index in [0.29, 0.717) is 0 Å². The first-order chi connectivity index (χ1) is 9.82. The zero-order valence-corrected chi connectivity index (χ0v) is 12.4. The summed E-state index contributed by atoms with van der Waals surface area (Å²) in [5.74, 6) is -1.13. The van der Waals surface area contributed by atoms with Crippen LogP contribution in [0.25, 0.3) is 0 Å². The molecule has 0 N–H and O–H groups in total. The number of amides is 1. The number of carbonyl (C=O) groups excluding carboxylic acids is 1. The Morgan fingerprint density at radius 3 is 2.43 bits per heavy atom. The molecule has 0 radical (unpaired) electrons. The molecule has 1 fully saturated rings.